The van der Waals surface area contributed by atoms with Crippen LogP contribution < -0.4 is 14.8 Å². The zero-order valence-electron chi connectivity index (χ0n) is 19.6. The maximum atomic E-state index is 12.7. The van der Waals surface area contributed by atoms with Crippen LogP contribution >= 0.6 is 0 Å². The number of carbonyl (C=O) groups is 2. The molecule has 0 spiro atoms. The van der Waals surface area contributed by atoms with Gasteiger partial charge in [-0.2, -0.15) is 0 Å². The van der Waals surface area contributed by atoms with E-state index in [0.717, 1.165) is 43.5 Å². The molecule has 176 valence electrons. The van der Waals surface area contributed by atoms with Crippen LogP contribution in [0.3, 0.4) is 0 Å². The van der Waals surface area contributed by atoms with Crippen LogP contribution in [0.25, 0.3) is 6.08 Å². The van der Waals surface area contributed by atoms with E-state index in [9.17, 15) is 9.59 Å². The van der Waals surface area contributed by atoms with Gasteiger partial charge in [-0.05, 0) is 74.1 Å². The number of piperidine rings is 1. The predicted molar refractivity (Wildman–Crippen MR) is 130 cm³/mol. The first-order valence-corrected chi connectivity index (χ1v) is 11.8. The Hall–Kier alpha value is -3.28. The summed E-state index contributed by atoms with van der Waals surface area (Å²) in [4.78, 5) is 27.0. The third-order valence-electron chi connectivity index (χ3n) is 5.44. The standard InChI is InChI=1S/C27H34N2O4/c1-3-17-33-24-13-11-21(19-25(24)32-4-2)12-14-26(30)28-20-22-9-8-10-23(18-22)27(31)29-15-6-5-7-16-29/h8-14,18-19H,3-7,15-17,20H2,1-2H3,(H,28,30). The highest BCUT2D eigenvalue weighted by Crippen LogP contribution is 2.29. The average Bonchev–Trinajstić information content (AvgIpc) is 2.86. The summed E-state index contributed by atoms with van der Waals surface area (Å²) in [6.45, 7) is 7.15. The quantitative estimate of drug-likeness (QED) is 0.527. The van der Waals surface area contributed by atoms with E-state index in [-0.39, 0.29) is 11.8 Å². The number of amides is 2. The summed E-state index contributed by atoms with van der Waals surface area (Å²) in [7, 11) is 0. The fourth-order valence-electron chi connectivity index (χ4n) is 3.74. The number of hydrogen-bond donors (Lipinski definition) is 1. The van der Waals surface area contributed by atoms with Crippen molar-refractivity contribution in [1.29, 1.82) is 0 Å². The van der Waals surface area contributed by atoms with Gasteiger partial charge in [0.15, 0.2) is 11.5 Å². The highest BCUT2D eigenvalue weighted by atomic mass is 16.5. The van der Waals surface area contributed by atoms with Crippen molar-refractivity contribution in [3.05, 3.63) is 65.2 Å². The zero-order valence-corrected chi connectivity index (χ0v) is 19.6. The van der Waals surface area contributed by atoms with Gasteiger partial charge in [0.25, 0.3) is 5.91 Å². The van der Waals surface area contributed by atoms with Gasteiger partial charge in [-0.1, -0.05) is 25.1 Å². The molecule has 0 aromatic heterocycles. The molecule has 1 heterocycles. The first-order chi connectivity index (χ1) is 16.1. The van der Waals surface area contributed by atoms with Crippen molar-refractivity contribution >= 4 is 17.9 Å². The Balaban J connectivity index is 1.56. The highest BCUT2D eigenvalue weighted by Gasteiger charge is 2.18. The largest absolute Gasteiger partial charge is 0.490 e. The Morgan fingerprint density at radius 1 is 1.00 bits per heavy atom. The van der Waals surface area contributed by atoms with Gasteiger partial charge in [0.05, 0.1) is 13.2 Å². The van der Waals surface area contributed by atoms with Crippen LogP contribution in [0.15, 0.2) is 48.5 Å². The zero-order chi connectivity index (χ0) is 23.5. The van der Waals surface area contributed by atoms with E-state index in [0.29, 0.717) is 36.8 Å². The number of rotatable bonds is 10. The molecule has 1 aliphatic heterocycles. The third-order valence-corrected chi connectivity index (χ3v) is 5.44. The minimum atomic E-state index is -0.202. The molecule has 0 unspecified atom stereocenters. The normalized spacial score (nSPS) is 13.7. The van der Waals surface area contributed by atoms with Gasteiger partial charge in [-0.25, -0.2) is 0 Å². The molecule has 1 aliphatic rings. The highest BCUT2D eigenvalue weighted by molar-refractivity contribution is 5.94. The summed E-state index contributed by atoms with van der Waals surface area (Å²) < 4.78 is 11.4. The van der Waals surface area contributed by atoms with Crippen molar-refractivity contribution in [2.45, 2.75) is 46.1 Å². The van der Waals surface area contributed by atoms with Crippen molar-refractivity contribution < 1.29 is 19.1 Å². The van der Waals surface area contributed by atoms with Gasteiger partial charge in [-0.3, -0.25) is 9.59 Å². The van der Waals surface area contributed by atoms with E-state index in [4.69, 9.17) is 9.47 Å². The number of ether oxygens (including phenoxy) is 2. The van der Waals surface area contributed by atoms with E-state index in [2.05, 4.69) is 12.2 Å². The van der Waals surface area contributed by atoms with Crippen LogP contribution in [-0.4, -0.2) is 43.0 Å². The summed E-state index contributed by atoms with van der Waals surface area (Å²) in [5, 5.41) is 2.89. The molecule has 0 saturated carbocycles. The molecular weight excluding hydrogens is 416 g/mol. The molecular formula is C27H34N2O4. The van der Waals surface area contributed by atoms with Crippen LogP contribution in [0.5, 0.6) is 11.5 Å². The van der Waals surface area contributed by atoms with E-state index in [1.165, 1.54) is 12.5 Å². The first-order valence-electron chi connectivity index (χ1n) is 11.8. The molecule has 1 fully saturated rings. The maximum Gasteiger partial charge on any atom is 0.253 e. The van der Waals surface area contributed by atoms with Crippen molar-refractivity contribution in [3.8, 4) is 11.5 Å². The van der Waals surface area contributed by atoms with Gasteiger partial charge in [0.2, 0.25) is 5.91 Å². The second-order valence-electron chi connectivity index (χ2n) is 8.09. The number of nitrogens with one attached hydrogen (secondary N) is 1. The van der Waals surface area contributed by atoms with Crippen LogP contribution in [0.1, 0.15) is 61.0 Å². The molecule has 0 atom stereocenters. The summed E-state index contributed by atoms with van der Waals surface area (Å²) >= 11 is 0. The fourth-order valence-corrected chi connectivity index (χ4v) is 3.74. The Bertz CT molecular complexity index is 964. The molecule has 2 amide bonds. The van der Waals surface area contributed by atoms with Crippen molar-refractivity contribution in [1.82, 2.24) is 10.2 Å². The Morgan fingerprint density at radius 3 is 2.58 bits per heavy atom. The Kier molecular flexibility index (Phi) is 9.36. The molecule has 2 aromatic carbocycles. The monoisotopic (exact) mass is 450 g/mol. The summed E-state index contributed by atoms with van der Waals surface area (Å²) in [5.41, 5.74) is 2.43. The fraction of sp³-hybridized carbons (Fsp3) is 0.407. The van der Waals surface area contributed by atoms with E-state index in [1.807, 2.05) is 54.3 Å². The number of nitrogens with zero attached hydrogens (tertiary/aromatic N) is 1. The van der Waals surface area contributed by atoms with Gasteiger partial charge in [-0.15, -0.1) is 0 Å². The van der Waals surface area contributed by atoms with Crippen LogP contribution in [0.4, 0.5) is 0 Å². The lowest BCUT2D eigenvalue weighted by atomic mass is 10.1. The van der Waals surface area contributed by atoms with E-state index < -0.39 is 0 Å². The number of likely N-dealkylation sites (tertiary alicyclic amines) is 1. The summed E-state index contributed by atoms with van der Waals surface area (Å²) in [5.74, 6) is 1.24. The van der Waals surface area contributed by atoms with Crippen molar-refractivity contribution in [2.24, 2.45) is 0 Å². The molecule has 0 radical (unpaired) electrons. The number of benzene rings is 2. The molecule has 6 heteroatoms. The number of carbonyl (C=O) groups excluding carboxylic acids is 2. The lowest BCUT2D eigenvalue weighted by Gasteiger charge is -2.26. The van der Waals surface area contributed by atoms with Crippen molar-refractivity contribution in [2.75, 3.05) is 26.3 Å². The Labute approximate surface area is 196 Å². The van der Waals surface area contributed by atoms with Gasteiger partial charge >= 0.3 is 0 Å². The molecule has 33 heavy (non-hydrogen) atoms. The van der Waals surface area contributed by atoms with E-state index in [1.54, 1.807) is 6.08 Å². The second-order valence-corrected chi connectivity index (χ2v) is 8.09. The molecule has 1 saturated heterocycles. The lowest BCUT2D eigenvalue weighted by molar-refractivity contribution is -0.116. The van der Waals surface area contributed by atoms with Crippen LogP contribution in [-0.2, 0) is 11.3 Å². The smallest absolute Gasteiger partial charge is 0.253 e. The SMILES string of the molecule is CCCOc1ccc(C=CC(=O)NCc2cccc(C(=O)N3CCCCC3)c2)cc1OCC. The molecule has 6 nitrogen and oxygen atoms in total. The number of hydrogen-bond acceptors (Lipinski definition) is 4. The molecule has 2 aromatic rings. The van der Waals surface area contributed by atoms with E-state index >= 15 is 0 Å². The lowest BCUT2D eigenvalue weighted by Crippen LogP contribution is -2.35. The molecule has 0 aliphatic carbocycles. The minimum Gasteiger partial charge on any atom is -0.490 e. The predicted octanol–water partition coefficient (Wildman–Crippen LogP) is 4.83. The Morgan fingerprint density at radius 2 is 1.82 bits per heavy atom. The van der Waals surface area contributed by atoms with Crippen molar-refractivity contribution in [3.63, 3.8) is 0 Å². The third kappa shape index (κ3) is 7.38. The topological polar surface area (TPSA) is 67.9 Å². The second kappa shape index (κ2) is 12.7. The molecule has 0 bridgehead atoms. The molecule has 3 rings (SSSR count). The maximum absolute atomic E-state index is 12.7. The first kappa shape index (κ1) is 24.4. The van der Waals surface area contributed by atoms with Crippen LogP contribution in [0, 0.1) is 0 Å². The average molecular weight is 451 g/mol. The van der Waals surface area contributed by atoms with Gasteiger partial charge in [0, 0.05) is 31.3 Å². The van der Waals surface area contributed by atoms with Crippen LogP contribution in [0.2, 0.25) is 0 Å². The summed E-state index contributed by atoms with van der Waals surface area (Å²) in [6.07, 6.45) is 7.48. The molecule has 1 N–H and O–H groups in total. The minimum absolute atomic E-state index is 0.0687. The van der Waals surface area contributed by atoms with Gasteiger partial charge in [0.1, 0.15) is 0 Å². The van der Waals surface area contributed by atoms with Gasteiger partial charge < -0.3 is 19.7 Å². The summed E-state index contributed by atoms with van der Waals surface area (Å²) in [6, 6.07) is 13.1.